The van der Waals surface area contributed by atoms with Crippen LogP contribution in [0.25, 0.3) is 28.6 Å². The third-order valence-corrected chi connectivity index (χ3v) is 11.6. The van der Waals surface area contributed by atoms with Gasteiger partial charge in [0.2, 0.25) is 0 Å². The Kier molecular flexibility index (Phi) is 28.9. The summed E-state index contributed by atoms with van der Waals surface area (Å²) in [5.74, 6) is 2.88. The molecule has 1 aromatic carbocycles. The maximum absolute atomic E-state index is 14.0. The maximum atomic E-state index is 14.0. The predicted molar refractivity (Wildman–Crippen MR) is 258 cm³/mol. The van der Waals surface area contributed by atoms with Crippen LogP contribution in [-0.4, -0.2) is 161 Å². The average molecular weight is 957 g/mol. The molecule has 2 fully saturated rings. The summed E-state index contributed by atoms with van der Waals surface area (Å²) in [5.41, 5.74) is 1.65. The first-order valence-electron chi connectivity index (χ1n) is 24.3. The van der Waals surface area contributed by atoms with Gasteiger partial charge in [-0.25, -0.2) is 14.6 Å². The highest BCUT2D eigenvalue weighted by atomic mass is 16.6. The van der Waals surface area contributed by atoms with Crippen LogP contribution in [0.3, 0.4) is 0 Å². The van der Waals surface area contributed by atoms with E-state index in [0.29, 0.717) is 154 Å². The zero-order valence-corrected chi connectivity index (χ0v) is 40.2. The van der Waals surface area contributed by atoms with Crippen molar-refractivity contribution in [3.8, 4) is 23.7 Å². The summed E-state index contributed by atoms with van der Waals surface area (Å²) in [7, 11) is 1.64. The van der Waals surface area contributed by atoms with E-state index in [1.807, 2.05) is 12.1 Å². The third kappa shape index (κ3) is 21.2. The lowest BCUT2D eigenvalue weighted by Crippen LogP contribution is -2.43. The van der Waals surface area contributed by atoms with Crippen molar-refractivity contribution in [1.29, 1.82) is 0 Å². The van der Waals surface area contributed by atoms with Crippen molar-refractivity contribution in [2.45, 2.75) is 83.8 Å². The van der Waals surface area contributed by atoms with Gasteiger partial charge in [-0.2, -0.15) is 0 Å². The molecule has 18 nitrogen and oxygen atoms in total. The minimum absolute atomic E-state index is 0.0322. The smallest absolute Gasteiger partial charge is 0.332 e. The number of hydrogen-bond acceptors (Lipinski definition) is 14. The lowest BCUT2D eigenvalue weighted by molar-refractivity contribution is -0.131. The normalized spacial score (nSPS) is 14.7. The third-order valence-electron chi connectivity index (χ3n) is 11.6. The average Bonchev–Trinajstić information content (AvgIpc) is 3.73. The second kappa shape index (κ2) is 34.9. The number of imidazole rings is 1. The molecular weight excluding hydrogens is 881 g/mol. The summed E-state index contributed by atoms with van der Waals surface area (Å²) in [6, 6.07) is 7.26. The number of aliphatic hydroxyl groups excluding tert-OH is 1. The van der Waals surface area contributed by atoms with Crippen molar-refractivity contribution in [2.24, 2.45) is 11.8 Å². The molecule has 0 radical (unpaired) electrons. The van der Waals surface area contributed by atoms with Crippen LogP contribution >= 0.6 is 0 Å². The fourth-order valence-corrected chi connectivity index (χ4v) is 8.10. The first-order chi connectivity index (χ1) is 33.4. The molecular formula is C50H76N4O14. The Morgan fingerprint density at radius 2 is 1.07 bits per heavy atom. The molecule has 0 aliphatic heterocycles. The SMILES string of the molecule is C#CCn1c(-c2ccc(/C=C/C(=O)O)cc2)nc2c1c(=O)n(CC1CCCCC1)c(=O)n2CC1CCCCC1.COCCOCCOCCOCCOCCOCCOCCOCCOCCO. The fourth-order valence-electron chi connectivity index (χ4n) is 8.10. The molecule has 0 bridgehead atoms. The van der Waals surface area contributed by atoms with Crippen molar-refractivity contribution >= 4 is 23.2 Å². The molecule has 380 valence electrons. The minimum Gasteiger partial charge on any atom is -0.478 e. The highest BCUT2D eigenvalue weighted by Crippen LogP contribution is 2.29. The molecule has 2 aliphatic rings. The topological polar surface area (TPSA) is 202 Å². The largest absolute Gasteiger partial charge is 0.478 e. The van der Waals surface area contributed by atoms with Crippen LogP contribution in [0.2, 0.25) is 0 Å². The van der Waals surface area contributed by atoms with E-state index in [9.17, 15) is 14.4 Å². The first kappa shape index (κ1) is 56.3. The molecule has 0 unspecified atom stereocenters. The summed E-state index contributed by atoms with van der Waals surface area (Å²) >= 11 is 0. The molecule has 68 heavy (non-hydrogen) atoms. The Balaban J connectivity index is 0.000000313. The van der Waals surface area contributed by atoms with Gasteiger partial charge < -0.3 is 57.4 Å². The van der Waals surface area contributed by atoms with Crippen molar-refractivity contribution in [3.63, 3.8) is 0 Å². The summed E-state index contributed by atoms with van der Waals surface area (Å²) in [6.07, 6.45) is 19.6. The highest BCUT2D eigenvalue weighted by molar-refractivity contribution is 5.85. The van der Waals surface area contributed by atoms with E-state index in [0.717, 1.165) is 68.6 Å². The van der Waals surface area contributed by atoms with Gasteiger partial charge in [-0.05, 0) is 49.2 Å². The summed E-state index contributed by atoms with van der Waals surface area (Å²) in [5, 5.41) is 17.5. The van der Waals surface area contributed by atoms with Gasteiger partial charge in [0.05, 0.1) is 125 Å². The van der Waals surface area contributed by atoms with Crippen LogP contribution in [-0.2, 0) is 67.1 Å². The van der Waals surface area contributed by atoms with E-state index in [4.69, 9.17) is 64.3 Å². The van der Waals surface area contributed by atoms with Crippen molar-refractivity contribution in [2.75, 3.05) is 126 Å². The lowest BCUT2D eigenvalue weighted by atomic mass is 9.89. The predicted octanol–water partition coefficient (Wildman–Crippen LogP) is 4.68. The fraction of sp³-hybridized carbons (Fsp3) is 0.680. The second-order valence-corrected chi connectivity index (χ2v) is 16.6. The molecule has 2 heterocycles. The summed E-state index contributed by atoms with van der Waals surface area (Å²) < 4.78 is 52.4. The molecule has 0 atom stereocenters. The van der Waals surface area contributed by atoms with Gasteiger partial charge in [0.15, 0.2) is 11.2 Å². The van der Waals surface area contributed by atoms with Gasteiger partial charge in [0.25, 0.3) is 5.56 Å². The number of carboxylic acid groups (broad SMARTS) is 1. The van der Waals surface area contributed by atoms with E-state index >= 15 is 0 Å². The molecule has 2 aliphatic carbocycles. The lowest BCUT2D eigenvalue weighted by Gasteiger charge is -2.24. The van der Waals surface area contributed by atoms with Gasteiger partial charge in [-0.15, -0.1) is 6.42 Å². The van der Waals surface area contributed by atoms with E-state index in [1.165, 1.54) is 23.5 Å². The van der Waals surface area contributed by atoms with Gasteiger partial charge in [-0.3, -0.25) is 13.9 Å². The first-order valence-corrected chi connectivity index (χ1v) is 24.3. The molecule has 0 amide bonds. The number of aromatic nitrogens is 4. The number of ether oxygens (including phenoxy) is 9. The standard InChI is InChI=1S/C31H36N4O4.C19H40O10/c1-2-19-33-27-29(32-28(33)25-16-13-22(14-17-25)15-18-26(36)37)34(20-23-9-5-3-6-10-23)31(39)35(30(27)38)21-24-11-7-4-8-12-24;1-21-4-5-23-8-9-25-12-13-27-16-17-29-19-18-28-15-14-26-11-10-24-7-6-22-3-2-20/h1,13-18,23-24H,3-12,19-21H2,(H,36,37);20H,2-19H2,1H3/b18-15+;. The molecule has 2 saturated carbocycles. The highest BCUT2D eigenvalue weighted by Gasteiger charge is 2.26. The van der Waals surface area contributed by atoms with Gasteiger partial charge in [0, 0.05) is 31.8 Å². The Bertz CT molecular complexity index is 1990. The minimum atomic E-state index is -1.02. The van der Waals surface area contributed by atoms with Crippen LogP contribution in [0.1, 0.15) is 69.8 Å². The zero-order valence-electron chi connectivity index (χ0n) is 40.2. The Morgan fingerprint density at radius 3 is 1.49 bits per heavy atom. The molecule has 5 rings (SSSR count). The number of nitrogens with zero attached hydrogens (tertiary/aromatic N) is 4. The number of benzene rings is 1. The number of carbonyl (C=O) groups is 1. The van der Waals surface area contributed by atoms with Gasteiger partial charge >= 0.3 is 11.7 Å². The molecule has 0 spiro atoms. The molecule has 18 heteroatoms. The van der Waals surface area contributed by atoms with Crippen LogP contribution in [0.4, 0.5) is 0 Å². The van der Waals surface area contributed by atoms with Crippen LogP contribution in [0, 0.1) is 24.2 Å². The number of aliphatic hydroxyl groups is 1. The molecule has 2 aromatic heterocycles. The Labute approximate surface area is 400 Å². The number of methoxy groups -OCH3 is 1. The number of terminal acetylenes is 1. The second-order valence-electron chi connectivity index (χ2n) is 16.6. The van der Waals surface area contributed by atoms with Crippen LogP contribution < -0.4 is 11.2 Å². The molecule has 3 aromatic rings. The zero-order chi connectivity index (χ0) is 48.4. The number of aliphatic carboxylic acids is 1. The number of rotatable bonds is 34. The summed E-state index contributed by atoms with van der Waals surface area (Å²) in [6.45, 7) is 10.0. The van der Waals surface area contributed by atoms with Crippen molar-refractivity contribution in [1.82, 2.24) is 18.7 Å². The molecule has 0 saturated heterocycles. The Morgan fingerprint density at radius 1 is 0.647 bits per heavy atom. The van der Waals surface area contributed by atoms with Gasteiger partial charge in [-0.1, -0.05) is 68.7 Å². The van der Waals surface area contributed by atoms with Crippen molar-refractivity contribution in [3.05, 3.63) is 56.7 Å². The molecule has 2 N–H and O–H groups in total. The van der Waals surface area contributed by atoms with Crippen LogP contribution in [0.5, 0.6) is 0 Å². The monoisotopic (exact) mass is 957 g/mol. The number of carboxylic acids is 1. The quantitative estimate of drug-likeness (QED) is 0.0475. The Hall–Kier alpha value is -4.26. The number of hydrogen-bond donors (Lipinski definition) is 2. The van der Waals surface area contributed by atoms with E-state index in [-0.39, 0.29) is 24.4 Å². The van der Waals surface area contributed by atoms with E-state index in [2.05, 4.69) is 5.92 Å². The van der Waals surface area contributed by atoms with Crippen LogP contribution in [0.15, 0.2) is 39.9 Å². The summed E-state index contributed by atoms with van der Waals surface area (Å²) in [4.78, 5) is 43.7. The number of fused-ring (bicyclic) bond motifs is 1. The van der Waals surface area contributed by atoms with Crippen molar-refractivity contribution < 1.29 is 57.6 Å². The maximum Gasteiger partial charge on any atom is 0.332 e. The van der Waals surface area contributed by atoms with Gasteiger partial charge in [0.1, 0.15) is 5.82 Å². The van der Waals surface area contributed by atoms with E-state index in [1.54, 1.807) is 28.4 Å². The van der Waals surface area contributed by atoms with E-state index < -0.39 is 5.97 Å².